The highest BCUT2D eigenvalue weighted by Gasteiger charge is 2.40. The zero-order valence-electron chi connectivity index (χ0n) is 9.10. The second-order valence-corrected chi connectivity index (χ2v) is 5.82. The molecule has 4 nitrogen and oxygen atoms in total. The van der Waals surface area contributed by atoms with Crippen molar-refractivity contribution in [2.45, 2.75) is 25.1 Å². The van der Waals surface area contributed by atoms with E-state index in [2.05, 4.69) is 0 Å². The van der Waals surface area contributed by atoms with Crippen LogP contribution in [0.1, 0.15) is 12.5 Å². The highest BCUT2D eigenvalue weighted by Crippen LogP contribution is 2.36. The van der Waals surface area contributed by atoms with E-state index in [9.17, 15) is 17.2 Å². The van der Waals surface area contributed by atoms with Gasteiger partial charge in [0.1, 0.15) is 0 Å². The zero-order valence-corrected chi connectivity index (χ0v) is 9.92. The molecule has 7 heteroatoms. The molecule has 1 heterocycles. The number of hydrogen-bond acceptors (Lipinski definition) is 3. The SMILES string of the molecule is CC1Cc2cc(N)ccc2N1S(=O)(=O)C(F)F. The molecule has 1 unspecified atom stereocenters. The molecule has 1 aliphatic heterocycles. The number of nitrogens with two attached hydrogens (primary N) is 1. The van der Waals surface area contributed by atoms with Crippen LogP contribution in [-0.2, 0) is 16.4 Å². The number of nitrogens with zero attached hydrogens (tertiary/aromatic N) is 1. The highest BCUT2D eigenvalue weighted by molar-refractivity contribution is 7.93. The lowest BCUT2D eigenvalue weighted by Gasteiger charge is -2.23. The van der Waals surface area contributed by atoms with Gasteiger partial charge in [-0.05, 0) is 37.1 Å². The maximum atomic E-state index is 12.6. The number of alkyl halides is 2. The summed E-state index contributed by atoms with van der Waals surface area (Å²) in [6.45, 7) is 1.59. The Morgan fingerprint density at radius 1 is 1.47 bits per heavy atom. The van der Waals surface area contributed by atoms with E-state index in [0.717, 1.165) is 4.31 Å². The first kappa shape index (κ1) is 12.1. The minimum Gasteiger partial charge on any atom is -0.399 e. The third kappa shape index (κ3) is 1.84. The number of nitrogen functional groups attached to an aromatic ring is 1. The Morgan fingerprint density at radius 3 is 2.71 bits per heavy atom. The highest BCUT2D eigenvalue weighted by atomic mass is 32.2. The van der Waals surface area contributed by atoms with Gasteiger partial charge in [0.05, 0.1) is 5.69 Å². The molecule has 94 valence electrons. The number of sulfonamides is 1. The van der Waals surface area contributed by atoms with Gasteiger partial charge >= 0.3 is 5.76 Å². The van der Waals surface area contributed by atoms with Crippen molar-refractivity contribution < 1.29 is 17.2 Å². The van der Waals surface area contributed by atoms with Crippen LogP contribution in [0.15, 0.2) is 18.2 Å². The van der Waals surface area contributed by atoms with Crippen molar-refractivity contribution in [1.82, 2.24) is 0 Å². The van der Waals surface area contributed by atoms with Crippen molar-refractivity contribution in [1.29, 1.82) is 0 Å². The van der Waals surface area contributed by atoms with Gasteiger partial charge < -0.3 is 5.73 Å². The minimum absolute atomic E-state index is 0.298. The van der Waals surface area contributed by atoms with Gasteiger partial charge in [0.25, 0.3) is 10.0 Å². The van der Waals surface area contributed by atoms with E-state index in [1.807, 2.05) is 0 Å². The van der Waals surface area contributed by atoms with Crippen LogP contribution in [0.2, 0.25) is 0 Å². The summed E-state index contributed by atoms with van der Waals surface area (Å²) in [5.74, 6) is -3.41. The smallest absolute Gasteiger partial charge is 0.355 e. The van der Waals surface area contributed by atoms with Crippen molar-refractivity contribution in [3.8, 4) is 0 Å². The number of fused-ring (bicyclic) bond motifs is 1. The summed E-state index contributed by atoms with van der Waals surface area (Å²) in [6, 6.07) is 4.08. The van der Waals surface area contributed by atoms with Gasteiger partial charge in [-0.2, -0.15) is 8.78 Å². The first-order valence-corrected chi connectivity index (χ1v) is 6.54. The summed E-state index contributed by atoms with van der Waals surface area (Å²) < 4.78 is 49.0. The van der Waals surface area contributed by atoms with Crippen LogP contribution in [0.3, 0.4) is 0 Å². The number of rotatable bonds is 2. The molecule has 0 aliphatic carbocycles. The van der Waals surface area contributed by atoms with Crippen LogP contribution >= 0.6 is 0 Å². The second-order valence-electron chi connectivity index (χ2n) is 4.04. The largest absolute Gasteiger partial charge is 0.399 e. The van der Waals surface area contributed by atoms with Crippen LogP contribution in [0, 0.1) is 0 Å². The fourth-order valence-electron chi connectivity index (χ4n) is 2.10. The predicted molar refractivity (Wildman–Crippen MR) is 61.4 cm³/mol. The number of benzene rings is 1. The molecule has 0 radical (unpaired) electrons. The van der Waals surface area contributed by atoms with Crippen LogP contribution in [0.25, 0.3) is 0 Å². The summed E-state index contributed by atoms with van der Waals surface area (Å²) in [7, 11) is -4.59. The normalized spacial score (nSPS) is 19.8. The molecule has 0 fully saturated rings. The lowest BCUT2D eigenvalue weighted by molar-refractivity contribution is 0.233. The lowest BCUT2D eigenvalue weighted by Crippen LogP contribution is -2.39. The van der Waals surface area contributed by atoms with Gasteiger partial charge in [0.15, 0.2) is 0 Å². The quantitative estimate of drug-likeness (QED) is 0.823. The Kier molecular flexibility index (Phi) is 2.73. The van der Waals surface area contributed by atoms with E-state index in [4.69, 9.17) is 5.73 Å². The predicted octanol–water partition coefficient (Wildman–Crippen LogP) is 1.57. The fourth-order valence-corrected chi connectivity index (χ4v) is 3.30. The van der Waals surface area contributed by atoms with Crippen molar-refractivity contribution >= 4 is 21.4 Å². The summed E-state index contributed by atoms with van der Waals surface area (Å²) in [5, 5.41) is 0. The number of anilines is 2. The van der Waals surface area contributed by atoms with Crippen molar-refractivity contribution in [2.24, 2.45) is 0 Å². The first-order chi connectivity index (χ1) is 7.84. The summed E-state index contributed by atoms with van der Waals surface area (Å²) in [6.07, 6.45) is 0.395. The second kappa shape index (κ2) is 3.83. The fraction of sp³-hybridized carbons (Fsp3) is 0.400. The number of halogens is 2. The van der Waals surface area contributed by atoms with E-state index in [1.165, 1.54) is 12.1 Å². The molecular weight excluding hydrogens is 250 g/mol. The molecule has 1 aliphatic rings. The van der Waals surface area contributed by atoms with Crippen molar-refractivity contribution in [2.75, 3.05) is 10.0 Å². The summed E-state index contributed by atoms with van der Waals surface area (Å²) in [4.78, 5) is 0. The molecule has 1 aromatic carbocycles. The van der Waals surface area contributed by atoms with Crippen LogP contribution in [0.4, 0.5) is 20.2 Å². The Bertz CT molecular complexity index is 545. The van der Waals surface area contributed by atoms with Crippen molar-refractivity contribution in [3.63, 3.8) is 0 Å². The number of hydrogen-bond donors (Lipinski definition) is 1. The summed E-state index contributed by atoms with van der Waals surface area (Å²) >= 11 is 0. The maximum absolute atomic E-state index is 12.6. The molecule has 0 amide bonds. The van der Waals surface area contributed by atoms with Gasteiger partial charge in [-0.3, -0.25) is 4.31 Å². The average Bonchev–Trinajstić information content (AvgIpc) is 2.53. The molecule has 0 aromatic heterocycles. The van der Waals surface area contributed by atoms with Crippen LogP contribution < -0.4 is 10.0 Å². The van der Waals surface area contributed by atoms with Gasteiger partial charge in [0.2, 0.25) is 0 Å². The monoisotopic (exact) mass is 262 g/mol. The average molecular weight is 262 g/mol. The van der Waals surface area contributed by atoms with Gasteiger partial charge in [0, 0.05) is 11.7 Å². The first-order valence-electron chi connectivity index (χ1n) is 5.04. The molecule has 2 N–H and O–H groups in total. The molecule has 1 aromatic rings. The third-order valence-corrected chi connectivity index (χ3v) is 4.31. The van der Waals surface area contributed by atoms with Gasteiger partial charge in [-0.25, -0.2) is 8.42 Å². The lowest BCUT2D eigenvalue weighted by atomic mass is 10.1. The third-order valence-electron chi connectivity index (χ3n) is 2.76. The van der Waals surface area contributed by atoms with E-state index in [1.54, 1.807) is 13.0 Å². The van der Waals surface area contributed by atoms with Gasteiger partial charge in [-0.15, -0.1) is 0 Å². The Balaban J connectivity index is 2.53. The topological polar surface area (TPSA) is 63.4 Å². The molecule has 0 saturated heterocycles. The maximum Gasteiger partial charge on any atom is 0.355 e. The molecule has 17 heavy (non-hydrogen) atoms. The zero-order chi connectivity index (χ0) is 12.8. The van der Waals surface area contributed by atoms with E-state index in [-0.39, 0.29) is 0 Å². The van der Waals surface area contributed by atoms with Crippen LogP contribution in [0.5, 0.6) is 0 Å². The van der Waals surface area contributed by atoms with Crippen LogP contribution in [-0.4, -0.2) is 20.2 Å². The minimum atomic E-state index is -4.59. The molecule has 0 spiro atoms. The molecular formula is C10H12F2N2O2S. The van der Waals surface area contributed by atoms with Crippen molar-refractivity contribution in [3.05, 3.63) is 23.8 Å². The Hall–Kier alpha value is -1.37. The molecule has 2 rings (SSSR count). The van der Waals surface area contributed by atoms with E-state index < -0.39 is 21.8 Å². The van der Waals surface area contributed by atoms with E-state index >= 15 is 0 Å². The molecule has 0 bridgehead atoms. The Labute approximate surface area is 98.1 Å². The molecule has 0 saturated carbocycles. The van der Waals surface area contributed by atoms with E-state index in [0.29, 0.717) is 23.4 Å². The summed E-state index contributed by atoms with van der Waals surface area (Å²) in [5.41, 5.74) is 7.05. The Morgan fingerprint density at radius 2 is 2.12 bits per heavy atom. The van der Waals surface area contributed by atoms with Gasteiger partial charge in [-0.1, -0.05) is 0 Å². The standard InChI is InChI=1S/C10H12F2N2O2S/c1-6-4-7-5-8(13)2-3-9(7)14(6)17(15,16)10(11)12/h2-3,5-6,10H,4,13H2,1H3. The molecule has 1 atom stereocenters.